The summed E-state index contributed by atoms with van der Waals surface area (Å²) >= 11 is 0. The predicted molar refractivity (Wildman–Crippen MR) is 62.7 cm³/mol. The summed E-state index contributed by atoms with van der Waals surface area (Å²) in [5.41, 5.74) is -0.796. The quantitative estimate of drug-likeness (QED) is 0.789. The highest BCUT2D eigenvalue weighted by Gasteiger charge is 2.11. The molecule has 90 valence electrons. The Labute approximate surface area is 93.9 Å². The smallest absolute Gasteiger partial charge is 0.346 e. The molecular formula is C10H18N4O2. The van der Waals surface area contributed by atoms with Crippen molar-refractivity contribution in [2.45, 2.75) is 32.7 Å². The lowest BCUT2D eigenvalue weighted by Gasteiger charge is -2.15. The zero-order valence-corrected chi connectivity index (χ0v) is 10.1. The monoisotopic (exact) mass is 226 g/mol. The van der Waals surface area contributed by atoms with Gasteiger partial charge in [-0.1, -0.05) is 13.8 Å². The third-order valence-corrected chi connectivity index (χ3v) is 2.65. The van der Waals surface area contributed by atoms with Crippen LogP contribution in [0.3, 0.4) is 0 Å². The van der Waals surface area contributed by atoms with Gasteiger partial charge in [-0.15, -0.1) is 5.10 Å². The van der Waals surface area contributed by atoms with Gasteiger partial charge in [0.1, 0.15) is 0 Å². The van der Waals surface area contributed by atoms with E-state index in [1.54, 1.807) is 0 Å². The summed E-state index contributed by atoms with van der Waals surface area (Å²) in [5, 5.41) is 6.98. The molecule has 1 aromatic heterocycles. The van der Waals surface area contributed by atoms with E-state index in [1.165, 1.54) is 14.1 Å². The minimum absolute atomic E-state index is 0.206. The van der Waals surface area contributed by atoms with E-state index in [9.17, 15) is 9.59 Å². The zero-order valence-electron chi connectivity index (χ0n) is 10.1. The number of nitrogens with one attached hydrogen (secondary N) is 1. The Bertz CT molecular complexity index is 471. The first-order valence-corrected chi connectivity index (χ1v) is 5.42. The largest absolute Gasteiger partial charge is 0.361 e. The molecule has 0 saturated heterocycles. The Morgan fingerprint density at radius 1 is 1.25 bits per heavy atom. The van der Waals surface area contributed by atoms with Gasteiger partial charge in [0.25, 0.3) is 5.56 Å². The molecule has 0 aromatic carbocycles. The molecule has 0 radical (unpaired) electrons. The van der Waals surface area contributed by atoms with E-state index in [1.807, 2.05) is 13.8 Å². The highest BCUT2D eigenvalue weighted by atomic mass is 16.2. The molecule has 0 fully saturated rings. The van der Waals surface area contributed by atoms with Gasteiger partial charge in [-0.3, -0.25) is 9.36 Å². The summed E-state index contributed by atoms with van der Waals surface area (Å²) in [7, 11) is 2.98. The Balaban J connectivity index is 3.16. The van der Waals surface area contributed by atoms with Crippen LogP contribution in [0.5, 0.6) is 0 Å². The van der Waals surface area contributed by atoms with Crippen LogP contribution < -0.4 is 16.6 Å². The summed E-state index contributed by atoms with van der Waals surface area (Å²) < 4.78 is 2.21. The number of hydrogen-bond donors (Lipinski definition) is 1. The number of aryl methyl sites for hydroxylation is 1. The molecule has 0 unspecified atom stereocenters. The lowest BCUT2D eigenvalue weighted by Crippen LogP contribution is -2.41. The molecule has 6 nitrogen and oxygen atoms in total. The van der Waals surface area contributed by atoms with E-state index in [-0.39, 0.29) is 17.4 Å². The van der Waals surface area contributed by atoms with Gasteiger partial charge in [-0.2, -0.15) is 0 Å². The normalized spacial score (nSPS) is 10.8. The Morgan fingerprint density at radius 3 is 2.31 bits per heavy atom. The molecule has 0 aliphatic carbocycles. The maximum absolute atomic E-state index is 11.7. The van der Waals surface area contributed by atoms with E-state index in [2.05, 4.69) is 10.4 Å². The molecule has 16 heavy (non-hydrogen) atoms. The van der Waals surface area contributed by atoms with Crippen molar-refractivity contribution < 1.29 is 0 Å². The topological polar surface area (TPSA) is 68.9 Å². The molecule has 1 aromatic rings. The fourth-order valence-electron chi connectivity index (χ4n) is 1.48. The van der Waals surface area contributed by atoms with Gasteiger partial charge in [-0.05, 0) is 12.8 Å². The molecule has 0 aliphatic rings. The average Bonchev–Trinajstić information content (AvgIpc) is 2.29. The van der Waals surface area contributed by atoms with E-state index in [4.69, 9.17) is 0 Å². The molecule has 0 amide bonds. The number of nitrogens with zero attached hydrogens (tertiary/aromatic N) is 3. The van der Waals surface area contributed by atoms with Gasteiger partial charge >= 0.3 is 5.69 Å². The average molecular weight is 226 g/mol. The minimum atomic E-state index is -0.417. The zero-order chi connectivity index (χ0) is 12.3. The molecule has 0 spiro atoms. The fourth-order valence-corrected chi connectivity index (χ4v) is 1.48. The maximum atomic E-state index is 11.7. The van der Waals surface area contributed by atoms with Gasteiger partial charge in [0, 0.05) is 20.1 Å². The van der Waals surface area contributed by atoms with Crippen molar-refractivity contribution in [2.75, 3.05) is 5.32 Å². The first-order valence-electron chi connectivity index (χ1n) is 5.42. The SMILES string of the molecule is CCC(CC)Nc1nn(C)c(=O)n(C)c1=O. The third-order valence-electron chi connectivity index (χ3n) is 2.65. The highest BCUT2D eigenvalue weighted by Crippen LogP contribution is 2.02. The summed E-state index contributed by atoms with van der Waals surface area (Å²) in [4.78, 5) is 23.1. The first kappa shape index (κ1) is 12.5. The van der Waals surface area contributed by atoms with Crippen LogP contribution in [-0.4, -0.2) is 20.4 Å². The number of rotatable bonds is 4. The Kier molecular flexibility index (Phi) is 3.87. The predicted octanol–water partition coefficient (Wildman–Crippen LogP) is 0.0795. The minimum Gasteiger partial charge on any atom is -0.361 e. The van der Waals surface area contributed by atoms with Crippen molar-refractivity contribution in [2.24, 2.45) is 14.1 Å². The molecule has 1 N–H and O–H groups in total. The molecule has 1 heterocycles. The van der Waals surface area contributed by atoms with Crippen LogP contribution in [0.2, 0.25) is 0 Å². The lowest BCUT2D eigenvalue weighted by atomic mass is 10.2. The molecule has 0 aliphatic heterocycles. The number of anilines is 1. The third kappa shape index (κ3) is 2.32. The molecule has 6 heteroatoms. The fraction of sp³-hybridized carbons (Fsp3) is 0.700. The summed E-state index contributed by atoms with van der Waals surface area (Å²) in [5.74, 6) is 0.235. The van der Waals surface area contributed by atoms with E-state index < -0.39 is 5.69 Å². The van der Waals surface area contributed by atoms with Crippen LogP contribution in [0.25, 0.3) is 0 Å². The molecule has 0 bridgehead atoms. The van der Waals surface area contributed by atoms with Crippen molar-refractivity contribution in [1.82, 2.24) is 14.3 Å². The van der Waals surface area contributed by atoms with Crippen LogP contribution in [0, 0.1) is 0 Å². The van der Waals surface area contributed by atoms with Crippen molar-refractivity contribution in [3.63, 3.8) is 0 Å². The first-order chi connectivity index (χ1) is 7.51. The number of hydrogen-bond acceptors (Lipinski definition) is 4. The van der Waals surface area contributed by atoms with Crippen molar-refractivity contribution in [1.29, 1.82) is 0 Å². The van der Waals surface area contributed by atoms with Crippen LogP contribution in [0.1, 0.15) is 26.7 Å². The van der Waals surface area contributed by atoms with Gasteiger partial charge < -0.3 is 5.32 Å². The standard InChI is InChI=1S/C10H18N4O2/c1-5-7(6-2)11-8-9(15)13(3)10(16)14(4)12-8/h7H,5-6H2,1-4H3,(H,11,12). The Morgan fingerprint density at radius 2 is 1.81 bits per heavy atom. The van der Waals surface area contributed by atoms with Crippen LogP contribution in [-0.2, 0) is 14.1 Å². The second-order valence-corrected chi connectivity index (χ2v) is 3.78. The molecular weight excluding hydrogens is 208 g/mol. The maximum Gasteiger partial charge on any atom is 0.346 e. The number of aromatic nitrogens is 3. The molecule has 0 atom stereocenters. The summed E-state index contributed by atoms with van der Waals surface area (Å²) in [6.45, 7) is 4.07. The Hall–Kier alpha value is -1.59. The van der Waals surface area contributed by atoms with E-state index >= 15 is 0 Å². The van der Waals surface area contributed by atoms with Gasteiger partial charge in [0.05, 0.1) is 0 Å². The van der Waals surface area contributed by atoms with Crippen molar-refractivity contribution >= 4 is 5.82 Å². The molecule has 0 saturated carbocycles. The van der Waals surface area contributed by atoms with E-state index in [0.29, 0.717) is 0 Å². The summed E-state index contributed by atoms with van der Waals surface area (Å²) in [6.07, 6.45) is 1.81. The van der Waals surface area contributed by atoms with Crippen LogP contribution in [0.4, 0.5) is 5.82 Å². The lowest BCUT2D eigenvalue weighted by molar-refractivity contribution is 0.590. The van der Waals surface area contributed by atoms with Crippen molar-refractivity contribution in [3.05, 3.63) is 20.8 Å². The van der Waals surface area contributed by atoms with Gasteiger partial charge in [0.2, 0.25) is 5.82 Å². The van der Waals surface area contributed by atoms with Crippen molar-refractivity contribution in [3.8, 4) is 0 Å². The van der Waals surface area contributed by atoms with Gasteiger partial charge in [-0.25, -0.2) is 9.48 Å². The van der Waals surface area contributed by atoms with Crippen LogP contribution >= 0.6 is 0 Å². The second kappa shape index (κ2) is 4.96. The van der Waals surface area contributed by atoms with Gasteiger partial charge in [0.15, 0.2) is 0 Å². The highest BCUT2D eigenvalue weighted by molar-refractivity contribution is 5.30. The molecule has 1 rings (SSSR count). The van der Waals surface area contributed by atoms with Crippen LogP contribution in [0.15, 0.2) is 9.59 Å². The summed E-state index contributed by atoms with van der Waals surface area (Å²) in [6, 6.07) is 0.206. The van der Waals surface area contributed by atoms with E-state index in [0.717, 1.165) is 22.1 Å². The second-order valence-electron chi connectivity index (χ2n) is 3.78.